The fraction of sp³-hybridized carbons (Fsp3) is 0.200. The Balaban J connectivity index is 1.53. The number of aliphatic imine (C=N–C) groups is 1. The first-order valence-corrected chi connectivity index (χ1v) is 11.2. The van der Waals surface area contributed by atoms with E-state index in [2.05, 4.69) is 15.3 Å². The molecule has 35 heavy (non-hydrogen) atoms. The summed E-state index contributed by atoms with van der Waals surface area (Å²) < 4.78 is 18.9. The number of hydrogen-bond acceptors (Lipinski definition) is 6. The lowest BCUT2D eigenvalue weighted by molar-refractivity contribution is -0.144. The van der Waals surface area contributed by atoms with Crippen LogP contribution < -0.4 is 10.1 Å². The Bertz CT molecular complexity index is 1250. The number of guanidine groups is 1. The Morgan fingerprint density at radius 1 is 1.14 bits per heavy atom. The van der Waals surface area contributed by atoms with Crippen molar-refractivity contribution in [2.24, 2.45) is 10.9 Å². The number of pyridine rings is 1. The number of carbonyl (C=O) groups excluding carboxylic acids is 2. The highest BCUT2D eigenvalue weighted by molar-refractivity contribution is 6.30. The van der Waals surface area contributed by atoms with Crippen LogP contribution in [0.3, 0.4) is 0 Å². The molecule has 2 amide bonds. The maximum atomic E-state index is 13.3. The first-order chi connectivity index (χ1) is 16.8. The zero-order valence-corrected chi connectivity index (χ0v) is 19.9. The van der Waals surface area contributed by atoms with Crippen LogP contribution in [0.1, 0.15) is 5.56 Å². The largest absolute Gasteiger partial charge is 0.439 e. The van der Waals surface area contributed by atoms with Crippen LogP contribution in [0.4, 0.5) is 10.1 Å². The highest BCUT2D eigenvalue weighted by Crippen LogP contribution is 2.24. The molecule has 180 valence electrons. The summed E-state index contributed by atoms with van der Waals surface area (Å²) in [4.78, 5) is 36.9. The molecule has 0 radical (unpaired) electrons. The molecule has 0 spiro atoms. The van der Waals surface area contributed by atoms with E-state index in [0.717, 1.165) is 5.56 Å². The number of rotatable bonds is 6. The van der Waals surface area contributed by atoms with Crippen LogP contribution in [0.15, 0.2) is 71.7 Å². The minimum absolute atomic E-state index is 0.0434. The van der Waals surface area contributed by atoms with Gasteiger partial charge in [0, 0.05) is 30.9 Å². The second kappa shape index (κ2) is 10.5. The Morgan fingerprint density at radius 3 is 2.51 bits per heavy atom. The van der Waals surface area contributed by atoms with Gasteiger partial charge in [-0.15, -0.1) is 0 Å². The van der Waals surface area contributed by atoms with Gasteiger partial charge < -0.3 is 15.0 Å². The van der Waals surface area contributed by atoms with Crippen LogP contribution in [-0.2, 0) is 16.1 Å². The second-order valence-corrected chi connectivity index (χ2v) is 8.49. The third-order valence-electron chi connectivity index (χ3n) is 5.26. The average Bonchev–Trinajstić information content (AvgIpc) is 2.83. The SMILES string of the molecule is CN(C)C(=O)C1CN=C(Nc2ccc(Oc3cccc(F)n3)cc2)N(Cc2ccc(Cl)cc2)C1=O. The molecule has 3 aromatic rings. The molecule has 0 bridgehead atoms. The van der Waals surface area contributed by atoms with Crippen molar-refractivity contribution in [3.63, 3.8) is 0 Å². The van der Waals surface area contributed by atoms with E-state index in [0.29, 0.717) is 22.4 Å². The van der Waals surface area contributed by atoms with Gasteiger partial charge >= 0.3 is 0 Å². The van der Waals surface area contributed by atoms with E-state index in [-0.39, 0.29) is 30.8 Å². The predicted molar refractivity (Wildman–Crippen MR) is 131 cm³/mol. The van der Waals surface area contributed by atoms with Gasteiger partial charge in [-0.25, -0.2) is 0 Å². The Kier molecular flexibility index (Phi) is 7.26. The Morgan fingerprint density at radius 2 is 1.86 bits per heavy atom. The van der Waals surface area contributed by atoms with E-state index >= 15 is 0 Å². The molecule has 1 unspecified atom stereocenters. The lowest BCUT2D eigenvalue weighted by Crippen LogP contribution is -2.52. The maximum absolute atomic E-state index is 13.3. The van der Waals surface area contributed by atoms with Crippen LogP contribution in [0.5, 0.6) is 11.6 Å². The molecule has 10 heteroatoms. The van der Waals surface area contributed by atoms with E-state index < -0.39 is 11.9 Å². The van der Waals surface area contributed by atoms with Gasteiger partial charge in [-0.3, -0.25) is 19.5 Å². The third-order valence-corrected chi connectivity index (χ3v) is 5.51. The summed E-state index contributed by atoms with van der Waals surface area (Å²) in [5, 5.41) is 3.74. The topological polar surface area (TPSA) is 87.1 Å². The van der Waals surface area contributed by atoms with Crippen LogP contribution >= 0.6 is 11.6 Å². The molecule has 8 nitrogen and oxygen atoms in total. The Labute approximate surface area is 207 Å². The number of nitrogens with one attached hydrogen (secondary N) is 1. The van der Waals surface area contributed by atoms with Gasteiger partial charge in [0.25, 0.3) is 0 Å². The number of carbonyl (C=O) groups is 2. The molecule has 0 saturated heterocycles. The smallest absolute Gasteiger partial charge is 0.244 e. The molecule has 1 aliphatic heterocycles. The number of amides is 2. The average molecular weight is 496 g/mol. The van der Waals surface area contributed by atoms with Crippen molar-refractivity contribution >= 4 is 35.1 Å². The van der Waals surface area contributed by atoms with Gasteiger partial charge in [-0.2, -0.15) is 9.37 Å². The fourth-order valence-corrected chi connectivity index (χ4v) is 3.59. The predicted octanol–water partition coefficient (Wildman–Crippen LogP) is 4.18. The molecule has 2 aromatic carbocycles. The van der Waals surface area contributed by atoms with Crippen molar-refractivity contribution in [3.8, 4) is 11.6 Å². The van der Waals surface area contributed by atoms with Crippen LogP contribution in [0, 0.1) is 11.9 Å². The first-order valence-electron chi connectivity index (χ1n) is 10.8. The summed E-state index contributed by atoms with van der Waals surface area (Å²) in [6.45, 7) is 0.257. The Hall–Kier alpha value is -3.98. The third kappa shape index (κ3) is 5.93. The van der Waals surface area contributed by atoms with Gasteiger partial charge in [0.2, 0.25) is 29.6 Å². The molecule has 1 aliphatic rings. The normalized spacial score (nSPS) is 15.4. The fourth-order valence-electron chi connectivity index (χ4n) is 3.46. The summed E-state index contributed by atoms with van der Waals surface area (Å²) in [5.74, 6) is -1.23. The van der Waals surface area contributed by atoms with Gasteiger partial charge in [-0.1, -0.05) is 29.8 Å². The lowest BCUT2D eigenvalue weighted by Gasteiger charge is -2.32. The number of anilines is 1. The minimum Gasteiger partial charge on any atom is -0.439 e. The number of halogens is 2. The first kappa shape index (κ1) is 24.2. The van der Waals surface area contributed by atoms with Crippen molar-refractivity contribution in [1.29, 1.82) is 0 Å². The molecule has 2 heterocycles. The van der Waals surface area contributed by atoms with Gasteiger partial charge in [0.1, 0.15) is 11.7 Å². The molecule has 0 fully saturated rings. The lowest BCUT2D eigenvalue weighted by atomic mass is 10.0. The van der Waals surface area contributed by atoms with E-state index in [9.17, 15) is 14.0 Å². The minimum atomic E-state index is -0.891. The van der Waals surface area contributed by atoms with Crippen molar-refractivity contribution in [2.45, 2.75) is 6.54 Å². The summed E-state index contributed by atoms with van der Waals surface area (Å²) in [5.41, 5.74) is 1.48. The summed E-state index contributed by atoms with van der Waals surface area (Å²) >= 11 is 5.99. The van der Waals surface area contributed by atoms with E-state index in [1.807, 2.05) is 12.1 Å². The monoisotopic (exact) mass is 495 g/mol. The molecule has 4 rings (SSSR count). The number of nitrogens with zero attached hydrogens (tertiary/aromatic N) is 4. The van der Waals surface area contributed by atoms with Crippen molar-refractivity contribution < 1.29 is 18.7 Å². The number of hydrogen-bond donors (Lipinski definition) is 1. The standard InChI is InChI=1S/C25H23ClFN5O3/c1-31(2)23(33)20-14-28-25(32(24(20)34)15-16-6-8-17(26)9-7-16)29-18-10-12-19(13-11-18)35-22-5-3-4-21(27)30-22/h3-13,20H,14-15H2,1-2H3,(H,28,29). The maximum Gasteiger partial charge on any atom is 0.244 e. The molecule has 1 aromatic heterocycles. The molecule has 0 aliphatic carbocycles. The molecular formula is C25H23ClFN5O3. The van der Waals surface area contributed by atoms with Crippen molar-refractivity contribution in [1.82, 2.24) is 14.8 Å². The van der Waals surface area contributed by atoms with E-state index in [1.54, 1.807) is 56.6 Å². The zero-order chi connectivity index (χ0) is 24.9. The molecule has 1 N–H and O–H groups in total. The number of aromatic nitrogens is 1. The molecule has 0 saturated carbocycles. The van der Waals surface area contributed by atoms with Crippen LogP contribution in [0.2, 0.25) is 5.02 Å². The van der Waals surface area contributed by atoms with Crippen LogP contribution in [0.25, 0.3) is 0 Å². The summed E-state index contributed by atoms with van der Waals surface area (Å²) in [6.07, 6.45) is 0. The van der Waals surface area contributed by atoms with Crippen molar-refractivity contribution in [3.05, 3.63) is 83.3 Å². The van der Waals surface area contributed by atoms with E-state index in [4.69, 9.17) is 16.3 Å². The number of benzene rings is 2. The van der Waals surface area contributed by atoms with Gasteiger partial charge in [0.05, 0.1) is 13.1 Å². The summed E-state index contributed by atoms with van der Waals surface area (Å²) in [6, 6.07) is 18.2. The number of ether oxygens (including phenoxy) is 1. The quantitative estimate of drug-likeness (QED) is 0.409. The highest BCUT2D eigenvalue weighted by atomic mass is 35.5. The summed E-state index contributed by atoms with van der Waals surface area (Å²) in [7, 11) is 3.22. The van der Waals surface area contributed by atoms with E-state index in [1.165, 1.54) is 21.9 Å². The zero-order valence-electron chi connectivity index (χ0n) is 19.1. The van der Waals surface area contributed by atoms with Gasteiger partial charge in [0.15, 0.2) is 0 Å². The second-order valence-electron chi connectivity index (χ2n) is 8.05. The van der Waals surface area contributed by atoms with Gasteiger partial charge in [-0.05, 0) is 48.0 Å². The van der Waals surface area contributed by atoms with Crippen LogP contribution in [-0.4, -0.2) is 53.2 Å². The highest BCUT2D eigenvalue weighted by Gasteiger charge is 2.37. The molecular weight excluding hydrogens is 473 g/mol. The molecule has 1 atom stereocenters. The van der Waals surface area contributed by atoms with Crippen molar-refractivity contribution in [2.75, 3.05) is 26.0 Å².